The molecule has 0 radical (unpaired) electrons. The lowest BCUT2D eigenvalue weighted by atomic mass is 10.2. The minimum absolute atomic E-state index is 0.182. The quantitative estimate of drug-likeness (QED) is 0.476. The van der Waals surface area contributed by atoms with Crippen molar-refractivity contribution in [2.45, 2.75) is 0 Å². The van der Waals surface area contributed by atoms with Crippen LogP contribution in [0.5, 0.6) is 0 Å². The second kappa shape index (κ2) is 8.60. The minimum Gasteiger partial charge on any atom is -0.478 e. The summed E-state index contributed by atoms with van der Waals surface area (Å²) in [5, 5.41) is 23.8. The molecule has 1 aliphatic heterocycles. The number of amides is 1. The Balaban J connectivity index is 1.47. The van der Waals surface area contributed by atoms with E-state index in [-0.39, 0.29) is 17.2 Å². The van der Waals surface area contributed by atoms with Crippen LogP contribution in [-0.4, -0.2) is 48.1 Å². The maximum atomic E-state index is 12.7. The molecule has 2 aromatic heterocycles. The molecule has 0 unspecified atom stereocenters. The standard InChI is InChI=1S/C19H19N5O3S2/c25-17(21-13-3-1-2-4-16(13)24-7-5-20-6-8-24)15-11-29-19(23-15)22-14-10-28-9-12(14)18(26)27/h1-4,9-11,20H,5-8H2,(H,21,25)(H,22,23)(H,26,27). The minimum atomic E-state index is -1.01. The van der Waals surface area contributed by atoms with Crippen LogP contribution in [0.15, 0.2) is 40.4 Å². The summed E-state index contributed by atoms with van der Waals surface area (Å²) in [5.74, 6) is -1.31. The number of thiophene rings is 1. The number of aromatic carboxylic acids is 1. The van der Waals surface area contributed by atoms with Gasteiger partial charge in [0.1, 0.15) is 5.69 Å². The highest BCUT2D eigenvalue weighted by Crippen LogP contribution is 2.29. The van der Waals surface area contributed by atoms with E-state index in [1.165, 1.54) is 22.7 Å². The number of rotatable bonds is 6. The van der Waals surface area contributed by atoms with Gasteiger partial charge in [-0.2, -0.15) is 0 Å². The normalized spacial score (nSPS) is 13.9. The molecule has 1 amide bonds. The number of piperazine rings is 1. The Hall–Kier alpha value is -2.95. The number of aromatic nitrogens is 1. The highest BCUT2D eigenvalue weighted by Gasteiger charge is 2.18. The Morgan fingerprint density at radius 3 is 2.69 bits per heavy atom. The summed E-state index contributed by atoms with van der Waals surface area (Å²) in [4.78, 5) is 30.5. The number of carboxylic acids is 1. The third-order valence-electron chi connectivity index (χ3n) is 4.48. The van der Waals surface area contributed by atoms with Crippen molar-refractivity contribution >= 4 is 56.7 Å². The molecule has 0 saturated carbocycles. The van der Waals surface area contributed by atoms with Gasteiger partial charge in [0, 0.05) is 42.3 Å². The second-order valence-electron chi connectivity index (χ2n) is 6.38. The molecule has 1 aliphatic rings. The lowest BCUT2D eigenvalue weighted by molar-refractivity contribution is 0.0698. The number of thiazole rings is 1. The first-order valence-electron chi connectivity index (χ1n) is 9.00. The molecule has 1 fully saturated rings. The highest BCUT2D eigenvalue weighted by atomic mass is 32.1. The number of nitrogens with zero attached hydrogens (tertiary/aromatic N) is 2. The fourth-order valence-electron chi connectivity index (χ4n) is 3.06. The number of carbonyl (C=O) groups excluding carboxylic acids is 1. The average molecular weight is 430 g/mol. The molecular formula is C19H19N5O3S2. The van der Waals surface area contributed by atoms with Crippen molar-refractivity contribution in [3.05, 3.63) is 51.7 Å². The first-order valence-corrected chi connectivity index (χ1v) is 10.8. The van der Waals surface area contributed by atoms with Crippen LogP contribution in [0, 0.1) is 0 Å². The number of para-hydroxylation sites is 2. The van der Waals surface area contributed by atoms with E-state index in [1.807, 2.05) is 24.3 Å². The molecule has 1 saturated heterocycles. The van der Waals surface area contributed by atoms with Gasteiger partial charge >= 0.3 is 5.97 Å². The van der Waals surface area contributed by atoms with Crippen LogP contribution in [-0.2, 0) is 0 Å². The van der Waals surface area contributed by atoms with Crippen molar-refractivity contribution in [3.8, 4) is 0 Å². The van der Waals surface area contributed by atoms with E-state index in [0.717, 1.165) is 37.6 Å². The van der Waals surface area contributed by atoms with Gasteiger partial charge in [-0.05, 0) is 12.1 Å². The van der Waals surface area contributed by atoms with E-state index < -0.39 is 5.97 Å². The fourth-order valence-corrected chi connectivity index (χ4v) is 4.51. The molecule has 4 N–H and O–H groups in total. The summed E-state index contributed by atoms with van der Waals surface area (Å²) in [6.07, 6.45) is 0. The Morgan fingerprint density at radius 1 is 1.10 bits per heavy atom. The Labute approximate surface area is 175 Å². The van der Waals surface area contributed by atoms with E-state index in [0.29, 0.717) is 10.8 Å². The summed E-state index contributed by atoms with van der Waals surface area (Å²) >= 11 is 2.54. The van der Waals surface area contributed by atoms with Crippen molar-refractivity contribution < 1.29 is 14.7 Å². The van der Waals surface area contributed by atoms with Gasteiger partial charge in [0.25, 0.3) is 5.91 Å². The smallest absolute Gasteiger partial charge is 0.338 e. The van der Waals surface area contributed by atoms with E-state index in [4.69, 9.17) is 0 Å². The van der Waals surface area contributed by atoms with Crippen LogP contribution in [0.1, 0.15) is 20.8 Å². The predicted molar refractivity (Wildman–Crippen MR) is 116 cm³/mol. The molecule has 10 heteroatoms. The number of nitrogens with one attached hydrogen (secondary N) is 3. The molecule has 0 aliphatic carbocycles. The van der Waals surface area contributed by atoms with E-state index in [2.05, 4.69) is 25.8 Å². The number of anilines is 4. The van der Waals surface area contributed by atoms with Crippen molar-refractivity contribution in [1.29, 1.82) is 0 Å². The van der Waals surface area contributed by atoms with Crippen molar-refractivity contribution in [3.63, 3.8) is 0 Å². The van der Waals surface area contributed by atoms with Crippen LogP contribution >= 0.6 is 22.7 Å². The van der Waals surface area contributed by atoms with Crippen molar-refractivity contribution in [2.75, 3.05) is 41.7 Å². The summed E-state index contributed by atoms with van der Waals surface area (Å²) in [5.41, 5.74) is 2.65. The predicted octanol–water partition coefficient (Wildman–Crippen LogP) is 3.31. The lowest BCUT2D eigenvalue weighted by Gasteiger charge is -2.31. The van der Waals surface area contributed by atoms with E-state index >= 15 is 0 Å². The van der Waals surface area contributed by atoms with Crippen LogP contribution in [0.4, 0.5) is 22.2 Å². The molecule has 150 valence electrons. The molecular weight excluding hydrogens is 410 g/mol. The molecule has 8 nitrogen and oxygen atoms in total. The van der Waals surface area contributed by atoms with Gasteiger partial charge in [-0.25, -0.2) is 9.78 Å². The lowest BCUT2D eigenvalue weighted by Crippen LogP contribution is -2.43. The second-order valence-corrected chi connectivity index (χ2v) is 7.98. The first kappa shape index (κ1) is 19.4. The zero-order valence-electron chi connectivity index (χ0n) is 15.3. The first-order chi connectivity index (χ1) is 14.1. The molecule has 0 bridgehead atoms. The van der Waals surface area contributed by atoms with Gasteiger partial charge in [-0.1, -0.05) is 12.1 Å². The molecule has 1 aromatic carbocycles. The maximum Gasteiger partial charge on any atom is 0.338 e. The van der Waals surface area contributed by atoms with E-state index in [1.54, 1.807) is 16.1 Å². The van der Waals surface area contributed by atoms with Gasteiger partial charge in [0.15, 0.2) is 5.13 Å². The molecule has 3 aromatic rings. The summed E-state index contributed by atoms with van der Waals surface area (Å²) in [7, 11) is 0. The van der Waals surface area contributed by atoms with Gasteiger partial charge in [-0.15, -0.1) is 22.7 Å². The fraction of sp³-hybridized carbons (Fsp3) is 0.211. The maximum absolute atomic E-state index is 12.7. The molecule has 3 heterocycles. The number of carboxylic acid groups (broad SMARTS) is 1. The summed E-state index contributed by atoms with van der Waals surface area (Å²) < 4.78 is 0. The number of carbonyl (C=O) groups is 2. The highest BCUT2D eigenvalue weighted by molar-refractivity contribution is 7.14. The largest absolute Gasteiger partial charge is 0.478 e. The third-order valence-corrected chi connectivity index (χ3v) is 5.98. The number of benzene rings is 1. The Morgan fingerprint density at radius 2 is 1.90 bits per heavy atom. The SMILES string of the molecule is O=C(Nc1ccccc1N1CCNCC1)c1csc(Nc2cscc2C(=O)O)n1. The number of hydrogen-bond donors (Lipinski definition) is 4. The van der Waals surface area contributed by atoms with Crippen LogP contribution in [0.3, 0.4) is 0 Å². The van der Waals surface area contributed by atoms with Crippen molar-refractivity contribution in [2.24, 2.45) is 0 Å². The third kappa shape index (κ3) is 4.39. The van der Waals surface area contributed by atoms with Crippen LogP contribution in [0.2, 0.25) is 0 Å². The summed E-state index contributed by atoms with van der Waals surface area (Å²) in [6.45, 7) is 3.57. The van der Waals surface area contributed by atoms with Crippen LogP contribution in [0.25, 0.3) is 0 Å². The summed E-state index contributed by atoms with van der Waals surface area (Å²) in [6, 6.07) is 7.72. The topological polar surface area (TPSA) is 107 Å². The zero-order chi connectivity index (χ0) is 20.2. The van der Waals surface area contributed by atoms with Gasteiger partial charge in [0.2, 0.25) is 0 Å². The monoisotopic (exact) mass is 429 g/mol. The van der Waals surface area contributed by atoms with Crippen LogP contribution < -0.4 is 20.9 Å². The van der Waals surface area contributed by atoms with Gasteiger partial charge in [-0.3, -0.25) is 4.79 Å². The van der Waals surface area contributed by atoms with Gasteiger partial charge in [0.05, 0.1) is 22.6 Å². The molecule has 4 rings (SSSR count). The van der Waals surface area contributed by atoms with Crippen molar-refractivity contribution in [1.82, 2.24) is 10.3 Å². The van der Waals surface area contributed by atoms with E-state index in [9.17, 15) is 14.7 Å². The average Bonchev–Trinajstić information content (AvgIpc) is 3.39. The zero-order valence-corrected chi connectivity index (χ0v) is 17.0. The molecule has 0 spiro atoms. The number of hydrogen-bond acceptors (Lipinski definition) is 8. The molecule has 29 heavy (non-hydrogen) atoms. The Bertz CT molecular complexity index is 1030. The Kier molecular flexibility index (Phi) is 5.74. The van der Waals surface area contributed by atoms with Gasteiger partial charge < -0.3 is 26.0 Å². The molecule has 0 atom stereocenters.